The Morgan fingerprint density at radius 3 is 2.58 bits per heavy atom. The maximum Gasteiger partial charge on any atom is 0.0584 e. The van der Waals surface area contributed by atoms with E-state index in [1.807, 2.05) is 24.4 Å². The second-order valence-corrected chi connectivity index (χ2v) is 4.44. The molecule has 0 bridgehead atoms. The Bertz CT molecular complexity index is 499. The van der Waals surface area contributed by atoms with E-state index in [0.29, 0.717) is 6.54 Å². The van der Waals surface area contributed by atoms with Crippen molar-refractivity contribution in [1.82, 2.24) is 14.9 Å². The molecule has 0 radical (unpaired) electrons. The van der Waals surface area contributed by atoms with Crippen LogP contribution in [-0.2, 0) is 19.6 Å². The fourth-order valence-electron chi connectivity index (χ4n) is 2.04. The highest BCUT2D eigenvalue weighted by Crippen LogP contribution is 2.11. The molecule has 0 saturated carbocycles. The van der Waals surface area contributed by atoms with Crippen molar-refractivity contribution in [2.45, 2.75) is 26.6 Å². The minimum atomic E-state index is 0.483. The Labute approximate surface area is 114 Å². The van der Waals surface area contributed by atoms with Gasteiger partial charge in [0.2, 0.25) is 0 Å². The van der Waals surface area contributed by atoms with Crippen molar-refractivity contribution in [2.24, 2.45) is 5.73 Å². The first-order chi connectivity index (χ1) is 9.33. The first-order valence-corrected chi connectivity index (χ1v) is 6.58. The summed E-state index contributed by atoms with van der Waals surface area (Å²) in [5.41, 5.74) is 8.98. The summed E-state index contributed by atoms with van der Waals surface area (Å²) in [5, 5.41) is 0. The van der Waals surface area contributed by atoms with Gasteiger partial charge in [0, 0.05) is 32.0 Å². The van der Waals surface area contributed by atoms with Gasteiger partial charge in [0.15, 0.2) is 0 Å². The minimum absolute atomic E-state index is 0.483. The van der Waals surface area contributed by atoms with Crippen LogP contribution in [0.15, 0.2) is 42.7 Å². The van der Waals surface area contributed by atoms with Gasteiger partial charge >= 0.3 is 0 Å². The second kappa shape index (κ2) is 6.97. The zero-order valence-electron chi connectivity index (χ0n) is 11.3. The van der Waals surface area contributed by atoms with Crippen LogP contribution in [-0.4, -0.2) is 21.4 Å². The van der Waals surface area contributed by atoms with Crippen molar-refractivity contribution in [3.63, 3.8) is 0 Å². The Hall–Kier alpha value is -1.78. The summed E-state index contributed by atoms with van der Waals surface area (Å²) in [5.74, 6) is 0. The molecule has 0 saturated heterocycles. The molecule has 0 aliphatic heterocycles. The van der Waals surface area contributed by atoms with Crippen molar-refractivity contribution in [3.05, 3.63) is 59.7 Å². The van der Waals surface area contributed by atoms with E-state index in [2.05, 4.69) is 33.9 Å². The number of hydrogen-bond donors (Lipinski definition) is 1. The molecule has 2 heterocycles. The highest BCUT2D eigenvalue weighted by Gasteiger charge is 2.08. The molecule has 2 N–H and O–H groups in total. The molecule has 0 atom stereocenters. The predicted octanol–water partition coefficient (Wildman–Crippen LogP) is 1.96. The van der Waals surface area contributed by atoms with E-state index in [1.54, 1.807) is 6.20 Å². The van der Waals surface area contributed by atoms with Crippen LogP contribution < -0.4 is 5.73 Å². The predicted molar refractivity (Wildman–Crippen MR) is 76.2 cm³/mol. The third-order valence-electron chi connectivity index (χ3n) is 3.13. The summed E-state index contributed by atoms with van der Waals surface area (Å²) < 4.78 is 0. The fraction of sp³-hybridized carbons (Fsp3) is 0.333. The number of pyridine rings is 2. The Morgan fingerprint density at radius 2 is 1.89 bits per heavy atom. The molecular formula is C15H20N4. The van der Waals surface area contributed by atoms with Crippen molar-refractivity contribution in [3.8, 4) is 0 Å². The largest absolute Gasteiger partial charge is 0.325 e. The van der Waals surface area contributed by atoms with Gasteiger partial charge in [-0.25, -0.2) is 0 Å². The standard InChI is InChI=1S/C15H20N4/c1-2-19(12-14-7-3-4-8-17-14)11-13-6-5-9-18-15(13)10-16/h3-9H,2,10-12,16H2,1H3. The molecule has 2 aromatic heterocycles. The van der Waals surface area contributed by atoms with Crippen LogP contribution in [0.1, 0.15) is 23.9 Å². The number of rotatable bonds is 6. The van der Waals surface area contributed by atoms with Gasteiger partial charge in [0.1, 0.15) is 0 Å². The number of aromatic nitrogens is 2. The molecule has 0 aliphatic carbocycles. The lowest BCUT2D eigenvalue weighted by Crippen LogP contribution is -2.24. The van der Waals surface area contributed by atoms with E-state index >= 15 is 0 Å². The number of nitrogens with zero attached hydrogens (tertiary/aromatic N) is 3. The van der Waals surface area contributed by atoms with Crippen molar-refractivity contribution >= 4 is 0 Å². The van der Waals surface area contributed by atoms with Crippen LogP contribution in [0.3, 0.4) is 0 Å². The van der Waals surface area contributed by atoms with Crippen LogP contribution >= 0.6 is 0 Å². The lowest BCUT2D eigenvalue weighted by molar-refractivity contribution is 0.267. The molecule has 2 rings (SSSR count). The van der Waals surface area contributed by atoms with Gasteiger partial charge in [0.05, 0.1) is 11.4 Å². The SMILES string of the molecule is CCN(Cc1ccccn1)Cc1cccnc1CN. The first kappa shape index (κ1) is 13.6. The number of nitrogens with two attached hydrogens (primary N) is 1. The molecule has 0 fully saturated rings. The van der Waals surface area contributed by atoms with E-state index in [9.17, 15) is 0 Å². The van der Waals surface area contributed by atoms with Crippen LogP contribution in [0.2, 0.25) is 0 Å². The van der Waals surface area contributed by atoms with Gasteiger partial charge in [0.25, 0.3) is 0 Å². The van der Waals surface area contributed by atoms with E-state index in [4.69, 9.17) is 5.73 Å². The monoisotopic (exact) mass is 256 g/mol. The van der Waals surface area contributed by atoms with Crippen LogP contribution in [0.25, 0.3) is 0 Å². The molecule has 0 spiro atoms. The molecule has 0 aliphatic rings. The molecule has 0 amide bonds. The maximum absolute atomic E-state index is 5.73. The lowest BCUT2D eigenvalue weighted by Gasteiger charge is -2.21. The van der Waals surface area contributed by atoms with Gasteiger partial charge < -0.3 is 5.73 Å². The summed E-state index contributed by atoms with van der Waals surface area (Å²) in [6.07, 6.45) is 3.62. The third kappa shape index (κ3) is 3.84. The lowest BCUT2D eigenvalue weighted by atomic mass is 10.1. The topological polar surface area (TPSA) is 55.0 Å². The quantitative estimate of drug-likeness (QED) is 0.858. The molecule has 4 heteroatoms. The van der Waals surface area contributed by atoms with E-state index < -0.39 is 0 Å². The van der Waals surface area contributed by atoms with Crippen LogP contribution in [0.4, 0.5) is 0 Å². The summed E-state index contributed by atoms with van der Waals surface area (Å²) in [7, 11) is 0. The van der Waals surface area contributed by atoms with Gasteiger partial charge in [-0.1, -0.05) is 19.1 Å². The molecule has 100 valence electrons. The summed E-state index contributed by atoms with van der Waals surface area (Å²) in [4.78, 5) is 11.0. The van der Waals surface area contributed by atoms with E-state index in [1.165, 1.54) is 5.56 Å². The van der Waals surface area contributed by atoms with Gasteiger partial charge in [-0.05, 0) is 30.3 Å². The minimum Gasteiger partial charge on any atom is -0.325 e. The zero-order valence-corrected chi connectivity index (χ0v) is 11.3. The number of hydrogen-bond acceptors (Lipinski definition) is 4. The first-order valence-electron chi connectivity index (χ1n) is 6.58. The molecule has 0 aromatic carbocycles. The van der Waals surface area contributed by atoms with Gasteiger partial charge in [-0.2, -0.15) is 0 Å². The van der Waals surface area contributed by atoms with E-state index in [0.717, 1.165) is 31.0 Å². The molecule has 4 nitrogen and oxygen atoms in total. The maximum atomic E-state index is 5.73. The summed E-state index contributed by atoms with van der Waals surface area (Å²) >= 11 is 0. The third-order valence-corrected chi connectivity index (χ3v) is 3.13. The Morgan fingerprint density at radius 1 is 1.05 bits per heavy atom. The van der Waals surface area contributed by atoms with Crippen molar-refractivity contribution in [2.75, 3.05) is 6.54 Å². The summed E-state index contributed by atoms with van der Waals surface area (Å²) in [6.45, 7) is 5.30. The molecular weight excluding hydrogens is 236 g/mol. The van der Waals surface area contributed by atoms with Crippen molar-refractivity contribution < 1.29 is 0 Å². The second-order valence-electron chi connectivity index (χ2n) is 4.44. The average Bonchev–Trinajstić information content (AvgIpc) is 2.48. The molecule has 19 heavy (non-hydrogen) atoms. The normalized spacial score (nSPS) is 10.9. The molecule has 0 unspecified atom stereocenters. The van der Waals surface area contributed by atoms with Crippen LogP contribution in [0.5, 0.6) is 0 Å². The Kier molecular flexibility index (Phi) is 5.01. The van der Waals surface area contributed by atoms with Gasteiger partial charge in [-0.15, -0.1) is 0 Å². The molecule has 2 aromatic rings. The fourth-order valence-corrected chi connectivity index (χ4v) is 2.04. The van der Waals surface area contributed by atoms with Crippen LogP contribution in [0, 0.1) is 0 Å². The summed E-state index contributed by atoms with van der Waals surface area (Å²) in [6, 6.07) is 10.1. The zero-order chi connectivity index (χ0) is 13.5. The van der Waals surface area contributed by atoms with E-state index in [-0.39, 0.29) is 0 Å². The average molecular weight is 256 g/mol. The Balaban J connectivity index is 2.07. The van der Waals surface area contributed by atoms with Crippen molar-refractivity contribution in [1.29, 1.82) is 0 Å². The van der Waals surface area contributed by atoms with Gasteiger partial charge in [-0.3, -0.25) is 14.9 Å². The highest BCUT2D eigenvalue weighted by molar-refractivity contribution is 5.19. The highest BCUT2D eigenvalue weighted by atomic mass is 15.1. The smallest absolute Gasteiger partial charge is 0.0584 e.